The number of benzene rings is 2. The molecule has 1 aliphatic heterocycles. The van der Waals surface area contributed by atoms with E-state index >= 15 is 0 Å². The first kappa shape index (κ1) is 15.8. The highest BCUT2D eigenvalue weighted by molar-refractivity contribution is 7.92. The molecule has 0 radical (unpaired) electrons. The summed E-state index contributed by atoms with van der Waals surface area (Å²) >= 11 is 0. The average molecular weight is 348 g/mol. The predicted octanol–water partition coefficient (Wildman–Crippen LogP) is 1.52. The Morgan fingerprint density at radius 1 is 1.21 bits per heavy atom. The van der Waals surface area contributed by atoms with Gasteiger partial charge in [-0.2, -0.15) is 0 Å². The van der Waals surface area contributed by atoms with Crippen molar-refractivity contribution in [2.24, 2.45) is 0 Å². The lowest BCUT2D eigenvalue weighted by Gasteiger charge is -2.21. The number of hydrogen-bond acceptors (Lipinski definition) is 5. The number of carbonyl (C=O) groups is 2. The molecule has 1 amide bonds. The maximum atomic E-state index is 12.5. The molecule has 0 aliphatic carbocycles. The van der Waals surface area contributed by atoms with E-state index in [0.29, 0.717) is 5.69 Å². The molecule has 0 atom stereocenters. The number of para-hydroxylation sites is 1. The number of nitrogens with one attached hydrogen (secondary N) is 2. The third-order valence-electron chi connectivity index (χ3n) is 3.27. The molecular formula is C15H12N2O6S. The topological polar surface area (TPSA) is 122 Å². The fourth-order valence-corrected chi connectivity index (χ4v) is 3.30. The van der Waals surface area contributed by atoms with Crippen molar-refractivity contribution < 1.29 is 27.9 Å². The van der Waals surface area contributed by atoms with Crippen LogP contribution in [0.15, 0.2) is 47.4 Å². The van der Waals surface area contributed by atoms with Crippen LogP contribution >= 0.6 is 0 Å². The van der Waals surface area contributed by atoms with Crippen LogP contribution in [0, 0.1) is 0 Å². The number of aromatic carboxylic acids is 1. The summed E-state index contributed by atoms with van der Waals surface area (Å²) in [6.07, 6.45) is 0. The third-order valence-corrected chi connectivity index (χ3v) is 4.64. The molecule has 2 aromatic rings. The van der Waals surface area contributed by atoms with Crippen molar-refractivity contribution in [3.05, 3.63) is 48.0 Å². The number of amides is 1. The molecule has 124 valence electrons. The lowest BCUT2D eigenvalue weighted by Crippen LogP contribution is -2.26. The van der Waals surface area contributed by atoms with E-state index in [4.69, 9.17) is 9.84 Å². The summed E-state index contributed by atoms with van der Waals surface area (Å²) in [5, 5.41) is 11.5. The van der Waals surface area contributed by atoms with Crippen LogP contribution in [-0.2, 0) is 14.8 Å². The summed E-state index contributed by atoms with van der Waals surface area (Å²) in [6.45, 7) is -0.222. The van der Waals surface area contributed by atoms with E-state index in [9.17, 15) is 18.0 Å². The van der Waals surface area contributed by atoms with Crippen LogP contribution in [0.5, 0.6) is 5.75 Å². The van der Waals surface area contributed by atoms with Crippen LogP contribution in [0.1, 0.15) is 10.4 Å². The lowest BCUT2D eigenvalue weighted by molar-refractivity contribution is -0.118. The molecule has 2 aromatic carbocycles. The normalized spacial score (nSPS) is 13.4. The monoisotopic (exact) mass is 348 g/mol. The van der Waals surface area contributed by atoms with Gasteiger partial charge in [0, 0.05) is 0 Å². The van der Waals surface area contributed by atoms with Crippen LogP contribution in [0.2, 0.25) is 0 Å². The molecule has 0 fully saturated rings. The molecule has 24 heavy (non-hydrogen) atoms. The zero-order valence-corrected chi connectivity index (χ0v) is 13.0. The molecule has 0 aromatic heterocycles. The van der Waals surface area contributed by atoms with Gasteiger partial charge in [0.05, 0.1) is 21.8 Å². The first-order valence-corrected chi connectivity index (χ1v) is 8.27. The standard InChI is InChI=1S/C15H12N2O6S/c18-13-8-23-14-11(16-13)5-2-6-12(14)17-24(21,22)10-4-1-3-9(7-10)15(19)20/h1-7,17H,8H2,(H,16,18)(H,19,20). The molecule has 3 N–H and O–H groups in total. The number of anilines is 2. The minimum absolute atomic E-state index is 0.142. The highest BCUT2D eigenvalue weighted by atomic mass is 32.2. The maximum Gasteiger partial charge on any atom is 0.335 e. The first-order chi connectivity index (χ1) is 11.4. The molecule has 0 spiro atoms. The summed E-state index contributed by atoms with van der Waals surface area (Å²) < 4.78 is 32.6. The largest absolute Gasteiger partial charge is 0.479 e. The van der Waals surface area contributed by atoms with Gasteiger partial charge in [-0.25, -0.2) is 13.2 Å². The van der Waals surface area contributed by atoms with Gasteiger partial charge in [-0.05, 0) is 30.3 Å². The second-order valence-corrected chi connectivity index (χ2v) is 6.64. The number of rotatable bonds is 4. The smallest absolute Gasteiger partial charge is 0.335 e. The molecule has 0 saturated heterocycles. The van der Waals surface area contributed by atoms with Gasteiger partial charge in [0.15, 0.2) is 12.4 Å². The number of sulfonamides is 1. The quantitative estimate of drug-likeness (QED) is 0.770. The predicted molar refractivity (Wildman–Crippen MR) is 84.8 cm³/mol. The van der Waals surface area contributed by atoms with Crippen molar-refractivity contribution in [3.63, 3.8) is 0 Å². The summed E-state index contributed by atoms with van der Waals surface area (Å²) in [5.74, 6) is -1.36. The van der Waals surface area contributed by atoms with Crippen LogP contribution in [-0.4, -0.2) is 32.0 Å². The van der Waals surface area contributed by atoms with Gasteiger partial charge in [-0.3, -0.25) is 9.52 Å². The van der Waals surface area contributed by atoms with Gasteiger partial charge in [0.1, 0.15) is 0 Å². The first-order valence-electron chi connectivity index (χ1n) is 6.79. The molecule has 3 rings (SSSR count). The van der Waals surface area contributed by atoms with E-state index < -0.39 is 16.0 Å². The van der Waals surface area contributed by atoms with Crippen molar-refractivity contribution in [1.82, 2.24) is 0 Å². The number of carboxylic acids is 1. The second kappa shape index (κ2) is 5.85. The van der Waals surface area contributed by atoms with Crippen LogP contribution in [0.4, 0.5) is 11.4 Å². The number of fused-ring (bicyclic) bond motifs is 1. The molecule has 1 aliphatic rings. The Morgan fingerprint density at radius 2 is 1.96 bits per heavy atom. The average Bonchev–Trinajstić information content (AvgIpc) is 2.54. The summed E-state index contributed by atoms with van der Waals surface area (Å²) in [5.41, 5.74) is 0.357. The van der Waals surface area contributed by atoms with E-state index in [1.807, 2.05) is 0 Å². The summed E-state index contributed by atoms with van der Waals surface area (Å²) in [6, 6.07) is 9.60. The van der Waals surface area contributed by atoms with Crippen molar-refractivity contribution in [2.75, 3.05) is 16.6 Å². The zero-order valence-electron chi connectivity index (χ0n) is 12.1. The minimum atomic E-state index is -4.02. The van der Waals surface area contributed by atoms with E-state index in [2.05, 4.69) is 10.0 Å². The van der Waals surface area contributed by atoms with Crippen molar-refractivity contribution in [3.8, 4) is 5.75 Å². The highest BCUT2D eigenvalue weighted by Gasteiger charge is 2.23. The molecule has 1 heterocycles. The fraction of sp³-hybridized carbons (Fsp3) is 0.0667. The van der Waals surface area contributed by atoms with Gasteiger partial charge < -0.3 is 15.2 Å². The Labute approximate surface area is 137 Å². The molecular weight excluding hydrogens is 336 g/mol. The minimum Gasteiger partial charge on any atom is -0.479 e. The highest BCUT2D eigenvalue weighted by Crippen LogP contribution is 2.36. The molecule has 9 heteroatoms. The Balaban J connectivity index is 1.96. The number of hydrogen-bond donors (Lipinski definition) is 3. The van der Waals surface area contributed by atoms with Crippen LogP contribution < -0.4 is 14.8 Å². The van der Waals surface area contributed by atoms with Gasteiger partial charge >= 0.3 is 5.97 Å². The molecule has 0 saturated carbocycles. The second-order valence-electron chi connectivity index (χ2n) is 4.96. The Morgan fingerprint density at radius 3 is 2.71 bits per heavy atom. The van der Waals surface area contributed by atoms with E-state index in [-0.39, 0.29) is 34.4 Å². The van der Waals surface area contributed by atoms with Gasteiger partial charge in [-0.1, -0.05) is 12.1 Å². The van der Waals surface area contributed by atoms with Gasteiger partial charge in [-0.15, -0.1) is 0 Å². The van der Waals surface area contributed by atoms with Gasteiger partial charge in [0.25, 0.3) is 15.9 Å². The fourth-order valence-electron chi connectivity index (χ4n) is 2.20. The van der Waals surface area contributed by atoms with Crippen LogP contribution in [0.3, 0.4) is 0 Å². The zero-order chi connectivity index (χ0) is 17.3. The van der Waals surface area contributed by atoms with Crippen molar-refractivity contribution in [2.45, 2.75) is 4.90 Å². The summed E-state index contributed by atoms with van der Waals surface area (Å²) in [7, 11) is -4.02. The Hall–Kier alpha value is -3.07. The van der Waals surface area contributed by atoms with E-state index in [0.717, 1.165) is 6.07 Å². The van der Waals surface area contributed by atoms with Crippen molar-refractivity contribution >= 4 is 33.3 Å². The summed E-state index contributed by atoms with van der Waals surface area (Å²) in [4.78, 5) is 22.1. The van der Waals surface area contributed by atoms with Crippen LogP contribution in [0.25, 0.3) is 0 Å². The van der Waals surface area contributed by atoms with E-state index in [1.165, 1.54) is 24.3 Å². The Kier molecular flexibility index (Phi) is 3.86. The number of carboxylic acid groups (broad SMARTS) is 1. The lowest BCUT2D eigenvalue weighted by atomic mass is 10.2. The van der Waals surface area contributed by atoms with Gasteiger partial charge in [0.2, 0.25) is 0 Å². The van der Waals surface area contributed by atoms with E-state index in [1.54, 1.807) is 12.1 Å². The molecule has 0 unspecified atom stereocenters. The molecule has 0 bridgehead atoms. The SMILES string of the molecule is O=C1COc2c(cccc2NS(=O)(=O)c2cccc(C(=O)O)c2)N1. The third kappa shape index (κ3) is 3.01. The maximum absolute atomic E-state index is 12.5. The number of ether oxygens (including phenoxy) is 1. The number of carbonyl (C=O) groups excluding carboxylic acids is 1. The van der Waals surface area contributed by atoms with Crippen molar-refractivity contribution in [1.29, 1.82) is 0 Å². The Bertz CT molecular complexity index is 939. The molecule has 8 nitrogen and oxygen atoms in total.